The summed E-state index contributed by atoms with van der Waals surface area (Å²) >= 11 is 1.36. The van der Waals surface area contributed by atoms with Crippen LogP contribution in [0.4, 0.5) is 0 Å². The zero-order valence-electron chi connectivity index (χ0n) is 15.5. The fourth-order valence-corrected chi connectivity index (χ4v) is 3.56. The highest BCUT2D eigenvalue weighted by Crippen LogP contribution is 2.19. The number of nitrogens with zero attached hydrogens (tertiary/aromatic N) is 3. The summed E-state index contributed by atoms with van der Waals surface area (Å²) in [5.41, 5.74) is 0.662. The maximum Gasteiger partial charge on any atom is 0.262 e. The van der Waals surface area contributed by atoms with Gasteiger partial charge in [-0.3, -0.25) is 14.2 Å². The Balaban J connectivity index is 2.34. The lowest BCUT2D eigenvalue weighted by Gasteiger charge is -2.19. The molecule has 0 radical (unpaired) electrons. The number of carbonyl (C=O) groups is 1. The molecule has 25 heavy (non-hydrogen) atoms. The highest BCUT2D eigenvalue weighted by atomic mass is 32.2. The molecular weight excluding hydrogens is 334 g/mol. The normalized spacial score (nSPS) is 11.2. The van der Waals surface area contributed by atoms with Gasteiger partial charge in [0.1, 0.15) is 0 Å². The van der Waals surface area contributed by atoms with Gasteiger partial charge >= 0.3 is 0 Å². The number of benzene rings is 1. The van der Waals surface area contributed by atoms with Crippen molar-refractivity contribution in [1.82, 2.24) is 14.5 Å². The van der Waals surface area contributed by atoms with Gasteiger partial charge in [-0.25, -0.2) is 4.98 Å². The van der Waals surface area contributed by atoms with Crippen LogP contribution in [-0.4, -0.2) is 39.2 Å². The van der Waals surface area contributed by atoms with Crippen molar-refractivity contribution in [1.29, 1.82) is 0 Å². The molecule has 1 amide bonds. The molecule has 6 heteroatoms. The Morgan fingerprint density at radius 2 is 1.92 bits per heavy atom. The van der Waals surface area contributed by atoms with E-state index in [-0.39, 0.29) is 11.5 Å². The van der Waals surface area contributed by atoms with Crippen LogP contribution in [0.2, 0.25) is 0 Å². The molecular formula is C19H27N3O2S. The molecule has 1 aromatic heterocycles. The molecule has 0 spiro atoms. The van der Waals surface area contributed by atoms with Crippen LogP contribution in [0.1, 0.15) is 34.1 Å². The fraction of sp³-hybridized carbons (Fsp3) is 0.526. The number of carbonyl (C=O) groups excluding carboxylic acids is 1. The van der Waals surface area contributed by atoms with Crippen LogP contribution in [0.15, 0.2) is 34.2 Å². The largest absolute Gasteiger partial charge is 0.343 e. The van der Waals surface area contributed by atoms with Gasteiger partial charge in [-0.1, -0.05) is 37.7 Å². The standard InChI is InChI=1S/C19H27N3O2S/c1-5-21(6-2)17(23)13-25-19-20-16-10-8-7-9-15(16)18(24)22(19)12-11-14(3)4/h7-10,14H,5-6,11-13H2,1-4H3. The van der Waals surface area contributed by atoms with Crippen molar-refractivity contribution in [3.63, 3.8) is 0 Å². The van der Waals surface area contributed by atoms with Gasteiger partial charge in [0.05, 0.1) is 16.7 Å². The third-order valence-corrected chi connectivity index (χ3v) is 5.16. The number of hydrogen-bond acceptors (Lipinski definition) is 4. The molecule has 1 heterocycles. The molecule has 2 rings (SSSR count). The topological polar surface area (TPSA) is 55.2 Å². The summed E-state index contributed by atoms with van der Waals surface area (Å²) in [5.74, 6) is 0.870. The van der Waals surface area contributed by atoms with E-state index in [0.717, 1.165) is 6.42 Å². The summed E-state index contributed by atoms with van der Waals surface area (Å²) in [7, 11) is 0. The van der Waals surface area contributed by atoms with E-state index in [1.54, 1.807) is 9.47 Å². The summed E-state index contributed by atoms with van der Waals surface area (Å²) in [6, 6.07) is 7.39. The molecule has 136 valence electrons. The Morgan fingerprint density at radius 1 is 1.24 bits per heavy atom. The Hall–Kier alpha value is -1.82. The number of hydrogen-bond donors (Lipinski definition) is 0. The first-order valence-corrected chi connectivity index (χ1v) is 9.86. The minimum absolute atomic E-state index is 0.0240. The number of rotatable bonds is 8. The summed E-state index contributed by atoms with van der Waals surface area (Å²) in [6.45, 7) is 10.2. The summed E-state index contributed by atoms with van der Waals surface area (Å²) < 4.78 is 1.72. The Labute approximate surface area is 153 Å². The van der Waals surface area contributed by atoms with E-state index in [2.05, 4.69) is 18.8 Å². The van der Waals surface area contributed by atoms with Crippen molar-refractivity contribution in [2.24, 2.45) is 5.92 Å². The molecule has 0 saturated heterocycles. The van der Waals surface area contributed by atoms with Crippen molar-refractivity contribution in [2.45, 2.75) is 45.8 Å². The van der Waals surface area contributed by atoms with Crippen molar-refractivity contribution >= 4 is 28.6 Å². The molecule has 1 aromatic carbocycles. The molecule has 0 aliphatic heterocycles. The average Bonchev–Trinajstić information content (AvgIpc) is 2.60. The second-order valence-electron chi connectivity index (χ2n) is 6.41. The number of amides is 1. The van der Waals surface area contributed by atoms with Gasteiger partial charge in [-0.15, -0.1) is 0 Å². The quantitative estimate of drug-likeness (QED) is 0.534. The van der Waals surface area contributed by atoms with E-state index in [1.165, 1.54) is 11.8 Å². The lowest BCUT2D eigenvalue weighted by molar-refractivity contribution is -0.127. The van der Waals surface area contributed by atoms with Crippen LogP contribution < -0.4 is 5.56 Å². The molecule has 0 aliphatic rings. The highest BCUT2D eigenvalue weighted by Gasteiger charge is 2.15. The van der Waals surface area contributed by atoms with Gasteiger partial charge in [0, 0.05) is 19.6 Å². The molecule has 0 unspecified atom stereocenters. The number of thioether (sulfide) groups is 1. The molecule has 0 saturated carbocycles. The van der Waals surface area contributed by atoms with Gasteiger partial charge in [0.15, 0.2) is 5.16 Å². The average molecular weight is 362 g/mol. The van der Waals surface area contributed by atoms with Crippen LogP contribution in [0.25, 0.3) is 10.9 Å². The molecule has 0 aliphatic carbocycles. The van der Waals surface area contributed by atoms with Gasteiger partial charge < -0.3 is 4.90 Å². The lowest BCUT2D eigenvalue weighted by Crippen LogP contribution is -2.32. The fourth-order valence-electron chi connectivity index (χ4n) is 2.64. The molecule has 0 N–H and O–H groups in total. The molecule has 0 bridgehead atoms. The van der Waals surface area contributed by atoms with Crippen molar-refractivity contribution in [3.05, 3.63) is 34.6 Å². The van der Waals surface area contributed by atoms with Gasteiger partial charge in [-0.05, 0) is 38.3 Å². The SMILES string of the molecule is CCN(CC)C(=O)CSc1nc2ccccc2c(=O)n1CCC(C)C. The summed E-state index contributed by atoms with van der Waals surface area (Å²) in [5, 5.41) is 1.26. The molecule has 5 nitrogen and oxygen atoms in total. The second-order valence-corrected chi connectivity index (χ2v) is 7.35. The minimum Gasteiger partial charge on any atom is -0.343 e. The van der Waals surface area contributed by atoms with Crippen molar-refractivity contribution in [3.8, 4) is 0 Å². The monoisotopic (exact) mass is 361 g/mol. The van der Waals surface area contributed by atoms with Gasteiger partial charge in [0.25, 0.3) is 5.56 Å². The lowest BCUT2D eigenvalue weighted by atomic mass is 10.1. The van der Waals surface area contributed by atoms with Crippen LogP contribution >= 0.6 is 11.8 Å². The second kappa shape index (κ2) is 9.04. The molecule has 0 fully saturated rings. The van der Waals surface area contributed by atoms with Crippen molar-refractivity contribution < 1.29 is 4.79 Å². The van der Waals surface area contributed by atoms with E-state index >= 15 is 0 Å². The molecule has 0 atom stereocenters. The maximum atomic E-state index is 12.9. The van der Waals surface area contributed by atoms with E-state index < -0.39 is 0 Å². The highest BCUT2D eigenvalue weighted by molar-refractivity contribution is 7.99. The number of fused-ring (bicyclic) bond motifs is 1. The summed E-state index contributed by atoms with van der Waals surface area (Å²) in [6.07, 6.45) is 0.900. The first-order chi connectivity index (χ1) is 12.0. The Morgan fingerprint density at radius 3 is 2.56 bits per heavy atom. The van der Waals surface area contributed by atoms with Gasteiger partial charge in [-0.2, -0.15) is 0 Å². The summed E-state index contributed by atoms with van der Waals surface area (Å²) in [4.78, 5) is 31.6. The smallest absolute Gasteiger partial charge is 0.262 e. The van der Waals surface area contributed by atoms with Gasteiger partial charge in [0.2, 0.25) is 5.91 Å². The number of aromatic nitrogens is 2. The minimum atomic E-state index is -0.0240. The first kappa shape index (κ1) is 19.5. The maximum absolute atomic E-state index is 12.9. The van der Waals surface area contributed by atoms with Crippen molar-refractivity contribution in [2.75, 3.05) is 18.8 Å². The third-order valence-electron chi connectivity index (χ3n) is 4.20. The Bertz CT molecular complexity index is 782. The van der Waals surface area contributed by atoms with E-state index in [1.807, 2.05) is 38.1 Å². The van der Waals surface area contributed by atoms with E-state index in [0.29, 0.717) is 47.4 Å². The number of para-hydroxylation sites is 1. The van der Waals surface area contributed by atoms with Crippen LogP contribution in [0, 0.1) is 5.92 Å². The Kier molecular flexibility index (Phi) is 7.05. The van der Waals surface area contributed by atoms with E-state index in [4.69, 9.17) is 0 Å². The van der Waals surface area contributed by atoms with Crippen LogP contribution in [0.3, 0.4) is 0 Å². The third kappa shape index (κ3) is 4.84. The predicted molar refractivity (Wildman–Crippen MR) is 104 cm³/mol. The van der Waals surface area contributed by atoms with E-state index in [9.17, 15) is 9.59 Å². The zero-order chi connectivity index (χ0) is 18.4. The predicted octanol–water partition coefficient (Wildman–Crippen LogP) is 3.40. The first-order valence-electron chi connectivity index (χ1n) is 8.88. The molecule has 2 aromatic rings. The van der Waals surface area contributed by atoms with Crippen LogP contribution in [-0.2, 0) is 11.3 Å². The van der Waals surface area contributed by atoms with Crippen LogP contribution in [0.5, 0.6) is 0 Å². The zero-order valence-corrected chi connectivity index (χ0v) is 16.3.